The molecule has 38 heavy (non-hydrogen) atoms. The minimum absolute atomic E-state index is 0.0142. The fraction of sp³-hybridized carbons (Fsp3) is 0.560. The van der Waals surface area contributed by atoms with Gasteiger partial charge in [0.25, 0.3) is 0 Å². The van der Waals surface area contributed by atoms with Crippen LogP contribution >= 0.6 is 0 Å². The van der Waals surface area contributed by atoms with E-state index in [1.807, 2.05) is 20.8 Å². The van der Waals surface area contributed by atoms with Crippen molar-refractivity contribution in [1.29, 1.82) is 0 Å². The van der Waals surface area contributed by atoms with E-state index in [2.05, 4.69) is 16.0 Å². The van der Waals surface area contributed by atoms with Gasteiger partial charge in [-0.1, -0.05) is 32.9 Å². The summed E-state index contributed by atoms with van der Waals surface area (Å²) in [5.41, 5.74) is 11.1. The van der Waals surface area contributed by atoms with Gasteiger partial charge in [0.2, 0.25) is 17.7 Å². The number of anilines is 1. The summed E-state index contributed by atoms with van der Waals surface area (Å²) >= 11 is 0. The standard InChI is InChI=1S/C25H41N7O6/c1-25(2,3)22(35)31(4)13-14-32(5)24(37)38-16-17-8-10-18(11-9-17)29-21(34)19(30-20(33)15-26)7-6-12-28-23(27)36/h8-11,19H,6-7,12-16,26H2,1-5H3,(H,29,34)(H,30,33)(H3,27,28,36). The number of rotatable bonds is 13. The Kier molecular flexibility index (Phi) is 13.0. The number of primary amides is 1. The zero-order valence-electron chi connectivity index (χ0n) is 22.8. The van der Waals surface area contributed by atoms with Crippen molar-refractivity contribution < 1.29 is 28.7 Å². The largest absolute Gasteiger partial charge is 0.445 e. The van der Waals surface area contributed by atoms with Crippen LogP contribution < -0.4 is 27.4 Å². The molecule has 0 bridgehead atoms. The lowest BCUT2D eigenvalue weighted by atomic mass is 9.95. The maximum Gasteiger partial charge on any atom is 0.409 e. The molecule has 1 rings (SSSR count). The van der Waals surface area contributed by atoms with E-state index in [4.69, 9.17) is 16.2 Å². The molecule has 0 radical (unpaired) electrons. The molecule has 0 fully saturated rings. The predicted octanol–water partition coefficient (Wildman–Crippen LogP) is 0.590. The molecule has 0 aliphatic carbocycles. The molecule has 0 saturated carbocycles. The van der Waals surface area contributed by atoms with Crippen LogP contribution in [0.1, 0.15) is 39.2 Å². The van der Waals surface area contributed by atoms with Gasteiger partial charge in [0.05, 0.1) is 6.54 Å². The third-order valence-electron chi connectivity index (χ3n) is 5.46. The number of nitrogens with zero attached hydrogens (tertiary/aromatic N) is 2. The van der Waals surface area contributed by atoms with E-state index < -0.39 is 35.4 Å². The topological polar surface area (TPSA) is 189 Å². The van der Waals surface area contributed by atoms with Crippen molar-refractivity contribution in [2.75, 3.05) is 45.6 Å². The molecule has 1 aromatic carbocycles. The Morgan fingerprint density at radius 1 is 1.00 bits per heavy atom. The Morgan fingerprint density at radius 2 is 1.61 bits per heavy atom. The highest BCUT2D eigenvalue weighted by atomic mass is 16.6. The minimum atomic E-state index is -0.852. The van der Waals surface area contributed by atoms with Crippen LogP contribution in [0.2, 0.25) is 0 Å². The monoisotopic (exact) mass is 535 g/mol. The number of carbonyl (C=O) groups is 5. The number of nitrogens with two attached hydrogens (primary N) is 2. The van der Waals surface area contributed by atoms with Gasteiger partial charge >= 0.3 is 12.1 Å². The lowest BCUT2D eigenvalue weighted by Gasteiger charge is -2.27. The van der Waals surface area contributed by atoms with Gasteiger partial charge in [0, 0.05) is 44.8 Å². The predicted molar refractivity (Wildman–Crippen MR) is 143 cm³/mol. The lowest BCUT2D eigenvalue weighted by Crippen LogP contribution is -2.46. The van der Waals surface area contributed by atoms with E-state index in [1.165, 1.54) is 4.90 Å². The van der Waals surface area contributed by atoms with Crippen molar-refractivity contribution in [2.24, 2.45) is 16.9 Å². The number of carbonyl (C=O) groups excluding carboxylic acids is 5. The number of ether oxygens (including phenoxy) is 1. The summed E-state index contributed by atoms with van der Waals surface area (Å²) < 4.78 is 5.33. The van der Waals surface area contributed by atoms with E-state index >= 15 is 0 Å². The van der Waals surface area contributed by atoms with E-state index in [0.717, 1.165) is 0 Å². The number of urea groups is 1. The average Bonchev–Trinajstić information content (AvgIpc) is 2.86. The fourth-order valence-corrected chi connectivity index (χ4v) is 3.27. The molecule has 6 amide bonds. The second-order valence-corrected chi connectivity index (χ2v) is 9.90. The van der Waals surface area contributed by atoms with E-state index in [0.29, 0.717) is 30.8 Å². The first-order valence-corrected chi connectivity index (χ1v) is 12.3. The summed E-state index contributed by atoms with van der Waals surface area (Å²) in [6, 6.07) is 5.17. The fourth-order valence-electron chi connectivity index (χ4n) is 3.27. The molecule has 212 valence electrons. The first kappa shape index (κ1) is 32.2. The van der Waals surface area contributed by atoms with Crippen LogP contribution in [0.3, 0.4) is 0 Å². The summed E-state index contributed by atoms with van der Waals surface area (Å²) in [7, 11) is 3.29. The van der Waals surface area contributed by atoms with E-state index in [-0.39, 0.29) is 32.0 Å². The molecule has 0 spiro atoms. The number of hydrogen-bond acceptors (Lipinski definition) is 7. The maximum absolute atomic E-state index is 12.7. The Balaban J connectivity index is 2.58. The van der Waals surface area contributed by atoms with Crippen molar-refractivity contribution in [2.45, 2.75) is 46.3 Å². The summed E-state index contributed by atoms with van der Waals surface area (Å²) in [6.45, 7) is 6.23. The second-order valence-electron chi connectivity index (χ2n) is 9.90. The van der Waals surface area contributed by atoms with Crippen molar-refractivity contribution >= 4 is 35.5 Å². The van der Waals surface area contributed by atoms with Crippen LogP contribution in [-0.2, 0) is 25.7 Å². The van der Waals surface area contributed by atoms with Gasteiger partial charge in [-0.25, -0.2) is 9.59 Å². The summed E-state index contributed by atoms with van der Waals surface area (Å²) in [5.74, 6) is -0.941. The Labute approximate surface area is 223 Å². The zero-order valence-corrected chi connectivity index (χ0v) is 22.8. The van der Waals surface area contributed by atoms with Gasteiger partial charge in [-0.2, -0.15) is 0 Å². The average molecular weight is 536 g/mol. The molecule has 0 heterocycles. The van der Waals surface area contributed by atoms with Crippen molar-refractivity contribution in [3.05, 3.63) is 29.8 Å². The molecular formula is C25H41N7O6. The number of benzene rings is 1. The quantitative estimate of drug-likeness (QED) is 0.228. The number of hydrogen-bond donors (Lipinski definition) is 5. The molecular weight excluding hydrogens is 494 g/mol. The molecule has 13 nitrogen and oxygen atoms in total. The van der Waals surface area contributed by atoms with Crippen molar-refractivity contribution in [3.63, 3.8) is 0 Å². The van der Waals surface area contributed by atoms with Crippen LogP contribution in [0.5, 0.6) is 0 Å². The molecule has 0 aromatic heterocycles. The van der Waals surface area contributed by atoms with Crippen LogP contribution in [0.4, 0.5) is 15.3 Å². The highest BCUT2D eigenvalue weighted by Gasteiger charge is 2.25. The number of likely N-dealkylation sites (N-methyl/N-ethyl adjacent to an activating group) is 2. The van der Waals surface area contributed by atoms with Crippen molar-refractivity contribution in [3.8, 4) is 0 Å². The number of amides is 6. The normalized spacial score (nSPS) is 11.6. The molecule has 1 unspecified atom stereocenters. The summed E-state index contributed by atoms with van der Waals surface area (Å²) in [5, 5.41) is 7.71. The Morgan fingerprint density at radius 3 is 2.16 bits per heavy atom. The molecule has 7 N–H and O–H groups in total. The lowest BCUT2D eigenvalue weighted by molar-refractivity contribution is -0.138. The molecule has 0 aliphatic heterocycles. The summed E-state index contributed by atoms with van der Waals surface area (Å²) in [6.07, 6.45) is 0.149. The van der Waals surface area contributed by atoms with Gasteiger partial charge in [0.1, 0.15) is 12.6 Å². The molecule has 1 aromatic rings. The third kappa shape index (κ3) is 11.9. The first-order chi connectivity index (χ1) is 17.7. The van der Waals surface area contributed by atoms with Gasteiger partial charge < -0.3 is 42.0 Å². The first-order valence-electron chi connectivity index (χ1n) is 12.3. The molecule has 0 saturated heterocycles. The zero-order chi connectivity index (χ0) is 28.9. The van der Waals surface area contributed by atoms with Gasteiger partial charge in [-0.3, -0.25) is 14.4 Å². The SMILES string of the molecule is CN(CCN(C)C(=O)C(C)(C)C)C(=O)OCc1ccc(NC(=O)C(CCCNC(N)=O)NC(=O)CN)cc1. The molecule has 0 aliphatic rings. The van der Waals surface area contributed by atoms with Crippen LogP contribution in [0.15, 0.2) is 24.3 Å². The van der Waals surface area contributed by atoms with Crippen LogP contribution in [0, 0.1) is 5.41 Å². The molecule has 1 atom stereocenters. The Bertz CT molecular complexity index is 962. The molecule has 13 heteroatoms. The highest BCUT2D eigenvalue weighted by Crippen LogP contribution is 2.16. The van der Waals surface area contributed by atoms with Crippen molar-refractivity contribution in [1.82, 2.24) is 20.4 Å². The summed E-state index contributed by atoms with van der Waals surface area (Å²) in [4.78, 5) is 62.8. The van der Waals surface area contributed by atoms with E-state index in [1.54, 1.807) is 43.3 Å². The van der Waals surface area contributed by atoms with E-state index in [9.17, 15) is 24.0 Å². The van der Waals surface area contributed by atoms with Gasteiger partial charge in [0.15, 0.2) is 0 Å². The highest BCUT2D eigenvalue weighted by molar-refractivity contribution is 5.97. The third-order valence-corrected chi connectivity index (χ3v) is 5.46. The second kappa shape index (κ2) is 15.4. The maximum atomic E-state index is 12.7. The van der Waals surface area contributed by atoms with Crippen LogP contribution in [-0.4, -0.2) is 86.0 Å². The number of nitrogens with one attached hydrogen (secondary N) is 3. The Hall–Kier alpha value is -3.87. The van der Waals surface area contributed by atoms with Gasteiger partial charge in [-0.05, 0) is 30.5 Å². The minimum Gasteiger partial charge on any atom is -0.445 e. The van der Waals surface area contributed by atoms with Gasteiger partial charge in [-0.15, -0.1) is 0 Å². The van der Waals surface area contributed by atoms with Crippen LogP contribution in [0.25, 0.3) is 0 Å². The smallest absolute Gasteiger partial charge is 0.409 e.